The number of amides is 1. The molecule has 0 unspecified atom stereocenters. The van der Waals surface area contributed by atoms with Crippen LogP contribution in [0.2, 0.25) is 0 Å². The Morgan fingerprint density at radius 1 is 1.32 bits per heavy atom. The van der Waals surface area contributed by atoms with Crippen LogP contribution in [0.4, 0.5) is 0 Å². The van der Waals surface area contributed by atoms with E-state index in [0.717, 1.165) is 0 Å². The molecular weight excluding hydrogens is 306 g/mol. The number of ether oxygens (including phenoxy) is 1. The predicted molar refractivity (Wildman–Crippen MR) is 81.4 cm³/mol. The first-order chi connectivity index (χ1) is 10.5. The summed E-state index contributed by atoms with van der Waals surface area (Å²) in [7, 11) is -3.53. The van der Waals surface area contributed by atoms with Crippen molar-refractivity contribution in [2.24, 2.45) is 11.8 Å². The molecule has 0 spiro atoms. The lowest BCUT2D eigenvalue weighted by Gasteiger charge is -2.30. The maximum atomic E-state index is 12.6. The number of hydrogen-bond donors (Lipinski definition) is 2. The summed E-state index contributed by atoms with van der Waals surface area (Å²) in [4.78, 5) is 11.7. The number of nitrogens with zero attached hydrogens (tertiary/aromatic N) is 1. The van der Waals surface area contributed by atoms with Gasteiger partial charge in [-0.25, -0.2) is 14.3 Å². The minimum atomic E-state index is -3.53. The van der Waals surface area contributed by atoms with Crippen molar-refractivity contribution in [1.82, 2.24) is 9.73 Å². The van der Waals surface area contributed by atoms with Crippen LogP contribution >= 0.6 is 0 Å². The highest BCUT2D eigenvalue weighted by molar-refractivity contribution is 7.89. The molecule has 1 aromatic carbocycles. The van der Waals surface area contributed by atoms with Gasteiger partial charge in [-0.1, -0.05) is 0 Å². The molecule has 1 amide bonds. The van der Waals surface area contributed by atoms with E-state index in [-0.39, 0.29) is 16.7 Å². The van der Waals surface area contributed by atoms with Crippen LogP contribution < -0.4 is 16.0 Å². The molecule has 0 radical (unpaired) electrons. The van der Waals surface area contributed by atoms with Gasteiger partial charge in [0.05, 0.1) is 11.5 Å². The van der Waals surface area contributed by atoms with Crippen LogP contribution in [0.1, 0.15) is 19.8 Å². The van der Waals surface area contributed by atoms with E-state index in [1.54, 1.807) is 24.3 Å². The smallest absolute Gasteiger partial charge is 0.243 e. The van der Waals surface area contributed by atoms with Gasteiger partial charge in [0, 0.05) is 19.0 Å². The third-order valence-corrected chi connectivity index (χ3v) is 5.65. The van der Waals surface area contributed by atoms with Crippen LogP contribution in [-0.2, 0) is 14.8 Å². The highest BCUT2D eigenvalue weighted by Gasteiger charge is 2.31. The summed E-state index contributed by atoms with van der Waals surface area (Å²) >= 11 is 0. The van der Waals surface area contributed by atoms with Crippen molar-refractivity contribution in [3.63, 3.8) is 0 Å². The normalized spacial score (nSPS) is 17.2. The Hall–Kier alpha value is -1.64. The molecule has 1 aliphatic heterocycles. The molecule has 1 aromatic rings. The maximum Gasteiger partial charge on any atom is 0.243 e. The minimum absolute atomic E-state index is 0.225. The van der Waals surface area contributed by atoms with E-state index in [4.69, 9.17) is 10.6 Å². The van der Waals surface area contributed by atoms with E-state index in [1.165, 1.54) is 4.31 Å². The first-order valence-electron chi connectivity index (χ1n) is 7.22. The van der Waals surface area contributed by atoms with Gasteiger partial charge in [0.2, 0.25) is 15.9 Å². The predicted octanol–water partition coefficient (Wildman–Crippen LogP) is 0.476. The van der Waals surface area contributed by atoms with Crippen LogP contribution in [0.25, 0.3) is 0 Å². The van der Waals surface area contributed by atoms with Crippen molar-refractivity contribution in [3.05, 3.63) is 24.3 Å². The molecule has 0 saturated carbocycles. The molecule has 1 heterocycles. The second-order valence-electron chi connectivity index (χ2n) is 5.09. The Labute approximate surface area is 130 Å². The third-order valence-electron chi connectivity index (χ3n) is 3.74. The van der Waals surface area contributed by atoms with Gasteiger partial charge in [-0.05, 0) is 44.0 Å². The first-order valence-corrected chi connectivity index (χ1v) is 8.66. The summed E-state index contributed by atoms with van der Waals surface area (Å²) in [6.07, 6.45) is 0.943. The van der Waals surface area contributed by atoms with E-state index in [1.807, 2.05) is 6.92 Å². The Morgan fingerprint density at radius 2 is 1.91 bits per heavy atom. The molecule has 2 rings (SSSR count). The summed E-state index contributed by atoms with van der Waals surface area (Å²) in [5, 5.41) is 0. The largest absolute Gasteiger partial charge is 0.494 e. The summed E-state index contributed by atoms with van der Waals surface area (Å²) in [5.41, 5.74) is 2.12. The molecule has 0 bridgehead atoms. The van der Waals surface area contributed by atoms with Gasteiger partial charge in [0.15, 0.2) is 0 Å². The van der Waals surface area contributed by atoms with Gasteiger partial charge < -0.3 is 4.74 Å². The monoisotopic (exact) mass is 327 g/mol. The number of nitrogens with two attached hydrogens (primary N) is 1. The highest BCUT2D eigenvalue weighted by atomic mass is 32.2. The minimum Gasteiger partial charge on any atom is -0.494 e. The maximum absolute atomic E-state index is 12.6. The van der Waals surface area contributed by atoms with Crippen LogP contribution in [0.5, 0.6) is 5.75 Å². The van der Waals surface area contributed by atoms with Crippen molar-refractivity contribution in [2.75, 3.05) is 19.7 Å². The van der Waals surface area contributed by atoms with Crippen molar-refractivity contribution >= 4 is 15.9 Å². The molecule has 0 aliphatic carbocycles. The van der Waals surface area contributed by atoms with Gasteiger partial charge in [0.1, 0.15) is 5.75 Å². The molecule has 8 heteroatoms. The zero-order valence-corrected chi connectivity index (χ0v) is 13.3. The van der Waals surface area contributed by atoms with Gasteiger partial charge >= 0.3 is 0 Å². The standard InChI is InChI=1S/C14H21N3O4S/c1-2-21-12-3-5-13(6-4-12)22(19,20)17-9-7-11(8-10-17)14(18)16-15/h3-6,11H,2,7-10,15H2,1H3,(H,16,18). The molecule has 1 saturated heterocycles. The fourth-order valence-electron chi connectivity index (χ4n) is 2.50. The van der Waals surface area contributed by atoms with Crippen molar-refractivity contribution < 1.29 is 17.9 Å². The molecule has 1 aliphatic rings. The van der Waals surface area contributed by atoms with Gasteiger partial charge in [-0.3, -0.25) is 10.2 Å². The lowest BCUT2D eigenvalue weighted by atomic mass is 9.98. The van der Waals surface area contributed by atoms with Gasteiger partial charge in [-0.15, -0.1) is 0 Å². The van der Waals surface area contributed by atoms with Crippen molar-refractivity contribution in [3.8, 4) is 5.75 Å². The first kappa shape index (κ1) is 16.7. The number of sulfonamides is 1. The number of benzene rings is 1. The zero-order chi connectivity index (χ0) is 16.2. The number of hydrogen-bond acceptors (Lipinski definition) is 5. The van der Waals surface area contributed by atoms with Crippen molar-refractivity contribution in [2.45, 2.75) is 24.7 Å². The lowest BCUT2D eigenvalue weighted by molar-refractivity contribution is -0.126. The Balaban J connectivity index is 2.06. The molecule has 0 aromatic heterocycles. The number of nitrogens with one attached hydrogen (secondary N) is 1. The fourth-order valence-corrected chi connectivity index (χ4v) is 3.97. The molecule has 3 N–H and O–H groups in total. The number of carbonyl (C=O) groups excluding carboxylic acids is 1. The lowest BCUT2D eigenvalue weighted by Crippen LogP contribution is -2.44. The number of carbonyl (C=O) groups is 1. The van der Waals surface area contributed by atoms with Gasteiger partial charge in [-0.2, -0.15) is 4.31 Å². The topological polar surface area (TPSA) is 102 Å². The van der Waals surface area contributed by atoms with E-state index < -0.39 is 10.0 Å². The highest BCUT2D eigenvalue weighted by Crippen LogP contribution is 2.25. The molecule has 1 fully saturated rings. The Bertz CT molecular complexity index is 607. The van der Waals surface area contributed by atoms with Crippen LogP contribution in [0, 0.1) is 5.92 Å². The molecule has 0 atom stereocenters. The zero-order valence-electron chi connectivity index (χ0n) is 12.5. The van der Waals surface area contributed by atoms with Crippen LogP contribution in [0.3, 0.4) is 0 Å². The number of hydrazine groups is 1. The Kier molecular flexibility index (Phi) is 5.38. The van der Waals surface area contributed by atoms with Gasteiger partial charge in [0.25, 0.3) is 0 Å². The summed E-state index contributed by atoms with van der Waals surface area (Å²) in [6, 6.07) is 6.37. The van der Waals surface area contributed by atoms with Crippen LogP contribution in [-0.4, -0.2) is 38.3 Å². The van der Waals surface area contributed by atoms with Crippen LogP contribution in [0.15, 0.2) is 29.2 Å². The second kappa shape index (κ2) is 7.08. The molecular formula is C14H21N3O4S. The second-order valence-corrected chi connectivity index (χ2v) is 7.03. The van der Waals surface area contributed by atoms with E-state index in [0.29, 0.717) is 38.3 Å². The van der Waals surface area contributed by atoms with E-state index in [2.05, 4.69) is 5.43 Å². The number of piperidine rings is 1. The van der Waals surface area contributed by atoms with E-state index >= 15 is 0 Å². The molecule has 7 nitrogen and oxygen atoms in total. The SMILES string of the molecule is CCOc1ccc(S(=O)(=O)N2CCC(C(=O)NN)CC2)cc1. The fraction of sp³-hybridized carbons (Fsp3) is 0.500. The number of rotatable bonds is 5. The Morgan fingerprint density at radius 3 is 2.41 bits per heavy atom. The van der Waals surface area contributed by atoms with Crippen molar-refractivity contribution in [1.29, 1.82) is 0 Å². The van der Waals surface area contributed by atoms with E-state index in [9.17, 15) is 13.2 Å². The summed E-state index contributed by atoms with van der Waals surface area (Å²) in [6.45, 7) is 3.02. The molecule has 122 valence electrons. The quantitative estimate of drug-likeness (QED) is 0.465. The summed E-state index contributed by atoms with van der Waals surface area (Å²) < 4.78 is 31.8. The molecule has 22 heavy (non-hydrogen) atoms. The average molecular weight is 327 g/mol. The average Bonchev–Trinajstić information content (AvgIpc) is 2.55. The third kappa shape index (κ3) is 3.57. The summed E-state index contributed by atoms with van der Waals surface area (Å²) in [5.74, 6) is 5.29.